The lowest BCUT2D eigenvalue weighted by atomic mass is 10.2. The number of halogens is 1. The molecule has 11 heavy (non-hydrogen) atoms. The molecular formula is C10H13Cl. The van der Waals surface area contributed by atoms with Gasteiger partial charge in [-0.15, -0.1) is 0 Å². The molecule has 1 heteroatoms. The molecule has 0 heterocycles. The predicted octanol–water partition coefficient (Wildman–Crippen LogP) is 3.67. The summed E-state index contributed by atoms with van der Waals surface area (Å²) in [5.74, 6) is 0. The molecule has 0 radical (unpaired) electrons. The molecule has 0 amide bonds. The number of hydrogen-bond acceptors (Lipinski definition) is 0. The zero-order chi connectivity index (χ0) is 8.69. The molecule has 0 aromatic heterocycles. The molecule has 60 valence electrons. The maximum absolute atomic E-state index is 4.76. The Balaban J connectivity index is 0.000000292. The second-order valence-corrected chi connectivity index (χ2v) is 2.62. The van der Waals surface area contributed by atoms with Gasteiger partial charge in [0.2, 0.25) is 0 Å². The maximum Gasteiger partial charge on any atom is -0.00296 e. The van der Waals surface area contributed by atoms with Crippen LogP contribution in [0.3, 0.4) is 0 Å². The van der Waals surface area contributed by atoms with Crippen LogP contribution in [0.4, 0.5) is 0 Å². The van der Waals surface area contributed by atoms with E-state index in [2.05, 4.69) is 44.7 Å². The molecule has 0 N–H and O–H groups in total. The highest BCUT2D eigenvalue weighted by Crippen LogP contribution is 1.99. The quantitative estimate of drug-likeness (QED) is 0.555. The monoisotopic (exact) mass is 168 g/mol. The van der Waals surface area contributed by atoms with Gasteiger partial charge in [0.05, 0.1) is 0 Å². The summed E-state index contributed by atoms with van der Waals surface area (Å²) in [4.78, 5) is 0. The van der Waals surface area contributed by atoms with Gasteiger partial charge in [0.1, 0.15) is 0 Å². The van der Waals surface area contributed by atoms with Crippen molar-refractivity contribution in [2.75, 3.05) is 0 Å². The highest BCUT2D eigenvalue weighted by Gasteiger charge is 1.79. The number of benzene rings is 1. The Kier molecular flexibility index (Phi) is 5.58. The van der Waals surface area contributed by atoms with Gasteiger partial charge in [-0.3, -0.25) is 0 Å². The maximum atomic E-state index is 4.76. The number of rotatable bonds is 0. The van der Waals surface area contributed by atoms with E-state index >= 15 is 0 Å². The van der Waals surface area contributed by atoms with Gasteiger partial charge in [0.25, 0.3) is 0 Å². The average Bonchev–Trinajstić information content (AvgIpc) is 1.97. The van der Waals surface area contributed by atoms with Crippen molar-refractivity contribution in [1.29, 1.82) is 0 Å². The normalized spacial score (nSPS) is 7.91. The fraction of sp³-hybridized carbons (Fsp3) is 0.200. The Morgan fingerprint density at radius 3 is 1.45 bits per heavy atom. The number of hydrogen-bond donors (Lipinski definition) is 0. The van der Waals surface area contributed by atoms with Gasteiger partial charge in [-0.05, 0) is 19.4 Å². The van der Waals surface area contributed by atoms with Crippen LogP contribution in [0, 0.1) is 13.8 Å². The topological polar surface area (TPSA) is 0 Å². The first-order chi connectivity index (χ1) is 5.20. The highest BCUT2D eigenvalue weighted by atomic mass is 35.5. The Morgan fingerprint density at radius 2 is 1.27 bits per heavy atom. The second-order valence-electron chi connectivity index (χ2n) is 2.31. The van der Waals surface area contributed by atoms with Gasteiger partial charge in [-0.1, -0.05) is 53.6 Å². The predicted molar refractivity (Wildman–Crippen MR) is 52.0 cm³/mol. The minimum Gasteiger partial charge on any atom is -0.0936 e. The average molecular weight is 169 g/mol. The smallest absolute Gasteiger partial charge is 0.00296 e. The fourth-order valence-electron chi connectivity index (χ4n) is 0.637. The van der Waals surface area contributed by atoms with E-state index in [1.165, 1.54) is 16.7 Å². The van der Waals surface area contributed by atoms with Crippen molar-refractivity contribution < 1.29 is 0 Å². The van der Waals surface area contributed by atoms with Crippen LogP contribution < -0.4 is 0 Å². The zero-order valence-corrected chi connectivity index (χ0v) is 7.73. The Bertz CT molecular complexity index is 178. The molecule has 0 aliphatic carbocycles. The van der Waals surface area contributed by atoms with Crippen molar-refractivity contribution in [2.45, 2.75) is 13.8 Å². The van der Waals surface area contributed by atoms with Gasteiger partial charge in [0.15, 0.2) is 0 Å². The molecule has 0 bridgehead atoms. The van der Waals surface area contributed by atoms with Crippen molar-refractivity contribution in [1.82, 2.24) is 0 Å². The third-order valence-corrected chi connectivity index (χ3v) is 1.22. The van der Waals surface area contributed by atoms with Crippen LogP contribution >= 0.6 is 11.6 Å². The minimum absolute atomic E-state index is 1.22. The molecule has 0 unspecified atom stereocenters. The Hall–Kier alpha value is -0.750. The van der Waals surface area contributed by atoms with E-state index in [1.807, 2.05) is 0 Å². The minimum atomic E-state index is 1.22. The van der Waals surface area contributed by atoms with Gasteiger partial charge >= 0.3 is 0 Å². The molecule has 0 fully saturated rings. The molecular weight excluding hydrogens is 156 g/mol. The van der Waals surface area contributed by atoms with E-state index in [1.54, 1.807) is 0 Å². The molecule has 0 saturated carbocycles. The molecule has 0 nitrogen and oxygen atoms in total. The summed E-state index contributed by atoms with van der Waals surface area (Å²) < 4.78 is 0. The Morgan fingerprint density at radius 1 is 1.09 bits per heavy atom. The summed E-state index contributed by atoms with van der Waals surface area (Å²) in [6.45, 7) is 7.32. The van der Waals surface area contributed by atoms with Crippen LogP contribution in [0.5, 0.6) is 0 Å². The zero-order valence-electron chi connectivity index (χ0n) is 6.97. The highest BCUT2D eigenvalue weighted by molar-refractivity contribution is 6.25. The molecule has 0 saturated heterocycles. The van der Waals surface area contributed by atoms with E-state index in [-0.39, 0.29) is 0 Å². The van der Waals surface area contributed by atoms with Crippen LogP contribution in [0.2, 0.25) is 0 Å². The van der Waals surface area contributed by atoms with E-state index in [9.17, 15) is 0 Å². The van der Waals surface area contributed by atoms with Crippen molar-refractivity contribution in [3.63, 3.8) is 0 Å². The molecule has 0 atom stereocenters. The van der Waals surface area contributed by atoms with Gasteiger partial charge in [-0.25, -0.2) is 0 Å². The molecule has 1 rings (SSSR count). The SMILES string of the molecule is C=CCl.Cc1ccc(C)cc1. The summed E-state index contributed by atoms with van der Waals surface area (Å²) >= 11 is 4.76. The lowest BCUT2D eigenvalue weighted by molar-refractivity contribution is 1.40. The Labute approximate surface area is 73.5 Å². The second kappa shape index (κ2) is 5.99. The first-order valence-electron chi connectivity index (χ1n) is 3.45. The van der Waals surface area contributed by atoms with Crippen molar-refractivity contribution in [3.8, 4) is 0 Å². The van der Waals surface area contributed by atoms with E-state index in [0.717, 1.165) is 0 Å². The summed E-state index contributed by atoms with van der Waals surface area (Å²) in [5.41, 5.74) is 3.88. The largest absolute Gasteiger partial charge is 0.0936 e. The van der Waals surface area contributed by atoms with Crippen molar-refractivity contribution in [2.24, 2.45) is 0 Å². The fourth-order valence-corrected chi connectivity index (χ4v) is 0.637. The standard InChI is InChI=1S/C8H10.C2H3Cl/c1-7-3-5-8(2)6-4-7;1-2-3/h3-6H,1-2H3;2H,1H2. The summed E-state index contributed by atoms with van der Waals surface area (Å²) in [5, 5.41) is 0. The first-order valence-corrected chi connectivity index (χ1v) is 3.88. The molecule has 0 spiro atoms. The van der Waals surface area contributed by atoms with E-state index < -0.39 is 0 Å². The number of aryl methyl sites for hydroxylation is 2. The first kappa shape index (κ1) is 10.2. The third-order valence-electron chi connectivity index (χ3n) is 1.22. The van der Waals surface area contributed by atoms with Gasteiger partial charge < -0.3 is 0 Å². The summed E-state index contributed by atoms with van der Waals surface area (Å²) in [6, 6.07) is 8.48. The van der Waals surface area contributed by atoms with Gasteiger partial charge in [-0.2, -0.15) is 0 Å². The summed E-state index contributed by atoms with van der Waals surface area (Å²) in [7, 11) is 0. The lowest BCUT2D eigenvalue weighted by Gasteiger charge is -1.90. The van der Waals surface area contributed by atoms with Crippen molar-refractivity contribution >= 4 is 11.6 Å². The lowest BCUT2D eigenvalue weighted by Crippen LogP contribution is -1.70. The van der Waals surface area contributed by atoms with E-state index in [0.29, 0.717) is 0 Å². The van der Waals surface area contributed by atoms with Crippen LogP contribution in [-0.4, -0.2) is 0 Å². The van der Waals surface area contributed by atoms with Gasteiger partial charge in [0, 0.05) is 0 Å². The van der Waals surface area contributed by atoms with Crippen LogP contribution in [0.1, 0.15) is 11.1 Å². The van der Waals surface area contributed by atoms with Crippen LogP contribution in [0.25, 0.3) is 0 Å². The molecule has 0 aliphatic heterocycles. The molecule has 1 aromatic carbocycles. The molecule has 0 aliphatic rings. The molecule has 1 aromatic rings. The van der Waals surface area contributed by atoms with E-state index in [4.69, 9.17) is 11.6 Å². The summed E-state index contributed by atoms with van der Waals surface area (Å²) in [6.07, 6.45) is 0. The van der Waals surface area contributed by atoms with Crippen LogP contribution in [0.15, 0.2) is 36.4 Å². The van der Waals surface area contributed by atoms with Crippen molar-refractivity contribution in [3.05, 3.63) is 47.5 Å². The van der Waals surface area contributed by atoms with Crippen LogP contribution in [-0.2, 0) is 0 Å². The third kappa shape index (κ3) is 5.68.